The average molecular weight is 381 g/mol. The number of nitrogens with one attached hydrogen (secondary N) is 1. The number of carbonyl (C=O) groups is 1. The molecule has 4 aromatic rings. The van der Waals surface area contributed by atoms with Gasteiger partial charge in [0.2, 0.25) is 0 Å². The third-order valence-electron chi connectivity index (χ3n) is 4.25. The average Bonchev–Trinajstić information content (AvgIpc) is 3.07. The molecule has 0 radical (unpaired) electrons. The van der Waals surface area contributed by atoms with Crippen LogP contribution in [0, 0.1) is 12.7 Å². The lowest BCUT2D eigenvalue weighted by Crippen LogP contribution is -2.16. The molecule has 0 saturated heterocycles. The highest BCUT2D eigenvalue weighted by Gasteiger charge is 2.16. The van der Waals surface area contributed by atoms with Crippen molar-refractivity contribution < 1.29 is 9.18 Å². The number of aromatic nitrogens is 3. The topological polar surface area (TPSA) is 59.3 Å². The van der Waals surface area contributed by atoms with Crippen molar-refractivity contribution in [2.45, 2.75) is 6.92 Å². The zero-order valence-corrected chi connectivity index (χ0v) is 15.0. The van der Waals surface area contributed by atoms with E-state index < -0.39 is 0 Å². The second kappa shape index (κ2) is 6.81. The predicted molar refractivity (Wildman–Crippen MR) is 103 cm³/mol. The zero-order valence-electron chi connectivity index (χ0n) is 14.3. The maximum absolute atomic E-state index is 13.2. The molecule has 7 heteroatoms. The van der Waals surface area contributed by atoms with Crippen molar-refractivity contribution in [1.29, 1.82) is 0 Å². The van der Waals surface area contributed by atoms with Gasteiger partial charge in [0.1, 0.15) is 5.82 Å². The van der Waals surface area contributed by atoms with Crippen LogP contribution in [0.1, 0.15) is 16.1 Å². The van der Waals surface area contributed by atoms with Crippen LogP contribution in [-0.4, -0.2) is 20.5 Å². The van der Waals surface area contributed by atoms with Gasteiger partial charge in [0, 0.05) is 22.5 Å². The molecule has 0 atom stereocenters. The number of fused-ring (bicyclic) bond motifs is 1. The number of anilines is 1. The van der Waals surface area contributed by atoms with E-state index in [1.807, 2.05) is 0 Å². The Morgan fingerprint density at radius 1 is 1.15 bits per heavy atom. The molecule has 27 heavy (non-hydrogen) atoms. The first-order valence-corrected chi connectivity index (χ1v) is 8.57. The van der Waals surface area contributed by atoms with Crippen LogP contribution in [-0.2, 0) is 0 Å². The van der Waals surface area contributed by atoms with Crippen molar-refractivity contribution in [1.82, 2.24) is 14.6 Å². The first-order valence-electron chi connectivity index (χ1n) is 8.19. The fraction of sp³-hybridized carbons (Fsp3) is 0.0500. The van der Waals surface area contributed by atoms with E-state index in [4.69, 9.17) is 11.6 Å². The van der Waals surface area contributed by atoms with Crippen LogP contribution in [0.25, 0.3) is 16.8 Å². The number of rotatable bonds is 3. The molecule has 0 aliphatic carbocycles. The summed E-state index contributed by atoms with van der Waals surface area (Å²) < 4.78 is 14.8. The number of halogens is 2. The molecule has 0 aliphatic rings. The van der Waals surface area contributed by atoms with E-state index in [9.17, 15) is 9.18 Å². The lowest BCUT2D eigenvalue weighted by molar-refractivity contribution is 0.102. The Kier molecular flexibility index (Phi) is 4.33. The molecule has 1 N–H and O–H groups in total. The first-order chi connectivity index (χ1) is 13.0. The molecule has 0 bridgehead atoms. The van der Waals surface area contributed by atoms with Crippen LogP contribution >= 0.6 is 11.6 Å². The highest BCUT2D eigenvalue weighted by Crippen LogP contribution is 2.25. The van der Waals surface area contributed by atoms with E-state index in [1.165, 1.54) is 18.3 Å². The third kappa shape index (κ3) is 3.27. The molecule has 5 nitrogen and oxygen atoms in total. The Morgan fingerprint density at radius 2 is 1.93 bits per heavy atom. The minimum atomic E-state index is -0.306. The second-order valence-corrected chi connectivity index (χ2v) is 6.46. The van der Waals surface area contributed by atoms with E-state index in [1.54, 1.807) is 54.0 Å². The van der Waals surface area contributed by atoms with Gasteiger partial charge >= 0.3 is 0 Å². The molecular formula is C20H14ClFN4O. The molecule has 4 rings (SSSR count). The Labute approximate surface area is 159 Å². The molecule has 0 unspecified atom stereocenters. The minimum absolute atomic E-state index is 0.303. The fourth-order valence-corrected chi connectivity index (χ4v) is 3.06. The molecule has 2 aromatic carbocycles. The molecule has 2 aromatic heterocycles. The number of benzene rings is 2. The molecule has 2 heterocycles. The van der Waals surface area contributed by atoms with E-state index in [-0.39, 0.29) is 11.7 Å². The molecule has 0 aliphatic heterocycles. The van der Waals surface area contributed by atoms with Gasteiger partial charge in [-0.2, -0.15) is 5.10 Å². The summed E-state index contributed by atoms with van der Waals surface area (Å²) >= 11 is 5.95. The molecule has 0 fully saturated rings. The molecule has 0 saturated carbocycles. The summed E-state index contributed by atoms with van der Waals surface area (Å²) in [5.41, 5.74) is 3.80. The van der Waals surface area contributed by atoms with Crippen LogP contribution in [0.15, 0.2) is 60.9 Å². The van der Waals surface area contributed by atoms with Gasteiger partial charge < -0.3 is 5.32 Å². The van der Waals surface area contributed by atoms with Crippen LogP contribution < -0.4 is 5.32 Å². The summed E-state index contributed by atoms with van der Waals surface area (Å²) in [7, 11) is 0. The summed E-state index contributed by atoms with van der Waals surface area (Å²) in [4.78, 5) is 17.0. The molecule has 134 valence electrons. The Bertz CT molecular complexity index is 1150. The maximum Gasteiger partial charge on any atom is 0.259 e. The quantitative estimate of drug-likeness (QED) is 0.558. The lowest BCUT2D eigenvalue weighted by atomic mass is 10.1. The number of carbonyl (C=O) groups excluding carboxylic acids is 1. The van der Waals surface area contributed by atoms with Crippen LogP contribution in [0.5, 0.6) is 0 Å². The monoisotopic (exact) mass is 380 g/mol. The van der Waals surface area contributed by atoms with E-state index >= 15 is 0 Å². The number of hydrogen-bond acceptors (Lipinski definition) is 3. The molecule has 0 spiro atoms. The van der Waals surface area contributed by atoms with Gasteiger partial charge in [0.25, 0.3) is 5.91 Å². The first kappa shape index (κ1) is 17.2. The molecule has 1 amide bonds. The van der Waals surface area contributed by atoms with Gasteiger partial charge in [-0.05, 0) is 42.8 Å². The fourth-order valence-electron chi connectivity index (χ4n) is 2.87. The number of nitrogens with zero attached hydrogens (tertiary/aromatic N) is 3. The van der Waals surface area contributed by atoms with Gasteiger partial charge in [-0.3, -0.25) is 4.79 Å². The number of aryl methyl sites for hydroxylation is 1. The second-order valence-electron chi connectivity index (χ2n) is 6.02. The van der Waals surface area contributed by atoms with Gasteiger partial charge in [-0.25, -0.2) is 13.9 Å². The van der Waals surface area contributed by atoms with E-state index in [0.717, 1.165) is 11.1 Å². The van der Waals surface area contributed by atoms with Crippen LogP contribution in [0.4, 0.5) is 10.1 Å². The smallest absolute Gasteiger partial charge is 0.259 e. The van der Waals surface area contributed by atoms with Crippen molar-refractivity contribution in [3.63, 3.8) is 0 Å². The normalized spacial score (nSPS) is 10.9. The highest BCUT2D eigenvalue weighted by molar-refractivity contribution is 6.31. The van der Waals surface area contributed by atoms with Crippen molar-refractivity contribution >= 4 is 28.8 Å². The maximum atomic E-state index is 13.2. The molecular weight excluding hydrogens is 367 g/mol. The van der Waals surface area contributed by atoms with E-state index in [2.05, 4.69) is 15.4 Å². The number of amides is 1. The lowest BCUT2D eigenvalue weighted by Gasteiger charge is -2.09. The Balaban J connectivity index is 1.70. The van der Waals surface area contributed by atoms with Crippen molar-refractivity contribution in [2.24, 2.45) is 0 Å². The van der Waals surface area contributed by atoms with Crippen molar-refractivity contribution in [2.75, 3.05) is 5.32 Å². The Hall–Kier alpha value is -3.25. The summed E-state index contributed by atoms with van der Waals surface area (Å²) in [5.74, 6) is -0.609. The largest absolute Gasteiger partial charge is 0.322 e. The van der Waals surface area contributed by atoms with Crippen LogP contribution in [0.2, 0.25) is 5.02 Å². The SMILES string of the molecule is Cc1c(C(=O)Nc2cccc(Cl)c2)cnc2c(-c3ccc(F)cc3)cnn12. The minimum Gasteiger partial charge on any atom is -0.322 e. The van der Waals surface area contributed by atoms with E-state index in [0.29, 0.717) is 27.6 Å². The predicted octanol–water partition coefficient (Wildman–Crippen LogP) is 4.75. The number of hydrogen-bond donors (Lipinski definition) is 1. The zero-order chi connectivity index (χ0) is 19.0. The third-order valence-corrected chi connectivity index (χ3v) is 4.48. The van der Waals surface area contributed by atoms with Gasteiger partial charge in [-0.1, -0.05) is 29.8 Å². The van der Waals surface area contributed by atoms with Crippen LogP contribution in [0.3, 0.4) is 0 Å². The highest BCUT2D eigenvalue weighted by atomic mass is 35.5. The summed E-state index contributed by atoms with van der Waals surface area (Å²) in [6, 6.07) is 13.0. The summed E-state index contributed by atoms with van der Waals surface area (Å²) in [5, 5.41) is 7.68. The summed E-state index contributed by atoms with van der Waals surface area (Å²) in [6.45, 7) is 1.79. The van der Waals surface area contributed by atoms with Crippen molar-refractivity contribution in [3.8, 4) is 11.1 Å². The van der Waals surface area contributed by atoms with Gasteiger partial charge in [-0.15, -0.1) is 0 Å². The summed E-state index contributed by atoms with van der Waals surface area (Å²) in [6.07, 6.45) is 3.17. The Morgan fingerprint density at radius 3 is 2.67 bits per heavy atom. The van der Waals surface area contributed by atoms with Gasteiger partial charge in [0.15, 0.2) is 5.65 Å². The standard InChI is InChI=1S/C20H14ClFN4O/c1-12-17(20(27)25-16-4-2-3-14(21)9-16)10-23-19-18(11-24-26(12)19)13-5-7-15(22)8-6-13/h2-11H,1H3,(H,25,27). The van der Waals surface area contributed by atoms with Gasteiger partial charge in [0.05, 0.1) is 17.5 Å². The van der Waals surface area contributed by atoms with Crippen molar-refractivity contribution in [3.05, 3.63) is 83.0 Å².